The predicted octanol–water partition coefficient (Wildman–Crippen LogP) is 6.88. The largest absolute Gasteiger partial charge is 0.426 e. The molecular weight excluding hydrogens is 388 g/mol. The number of carbonyl (C=O) groups is 1. The fourth-order valence-electron chi connectivity index (χ4n) is 4.23. The molecule has 154 valence electrons. The molecular formula is C27H29O2S+. The summed E-state index contributed by atoms with van der Waals surface area (Å²) < 4.78 is 5.93. The van der Waals surface area contributed by atoms with Gasteiger partial charge < -0.3 is 4.74 Å². The molecule has 3 heteroatoms. The van der Waals surface area contributed by atoms with E-state index < -0.39 is 0 Å². The molecule has 0 unspecified atom stereocenters. The van der Waals surface area contributed by atoms with Gasteiger partial charge in [-0.3, -0.25) is 4.79 Å². The van der Waals surface area contributed by atoms with Crippen molar-refractivity contribution in [3.05, 3.63) is 83.9 Å². The van der Waals surface area contributed by atoms with Crippen molar-refractivity contribution in [2.75, 3.05) is 0 Å². The highest BCUT2D eigenvalue weighted by molar-refractivity contribution is 7.97. The van der Waals surface area contributed by atoms with Crippen LogP contribution in [0.5, 0.6) is 5.75 Å². The van der Waals surface area contributed by atoms with Gasteiger partial charge in [0.25, 0.3) is 0 Å². The van der Waals surface area contributed by atoms with E-state index in [0.717, 1.165) is 42.6 Å². The Morgan fingerprint density at radius 1 is 0.767 bits per heavy atom. The van der Waals surface area contributed by atoms with Crippen LogP contribution in [0, 0.1) is 19.8 Å². The molecule has 0 bridgehead atoms. The molecule has 4 rings (SSSR count). The van der Waals surface area contributed by atoms with Crippen molar-refractivity contribution in [1.82, 2.24) is 0 Å². The maximum atomic E-state index is 12.7. The van der Waals surface area contributed by atoms with Gasteiger partial charge in [0.15, 0.2) is 14.7 Å². The Balaban J connectivity index is 1.67. The van der Waals surface area contributed by atoms with Crippen LogP contribution in [0.4, 0.5) is 0 Å². The Bertz CT molecular complexity index is 929. The van der Waals surface area contributed by atoms with Crippen molar-refractivity contribution in [2.24, 2.45) is 5.92 Å². The number of esters is 1. The summed E-state index contributed by atoms with van der Waals surface area (Å²) in [5.74, 6) is 0.734. The van der Waals surface area contributed by atoms with Gasteiger partial charge in [0.05, 0.1) is 16.8 Å². The van der Waals surface area contributed by atoms with Crippen molar-refractivity contribution in [1.29, 1.82) is 0 Å². The number of hydrogen-bond donors (Lipinski definition) is 0. The van der Waals surface area contributed by atoms with Crippen molar-refractivity contribution < 1.29 is 9.53 Å². The summed E-state index contributed by atoms with van der Waals surface area (Å²) in [4.78, 5) is 16.5. The lowest BCUT2D eigenvalue weighted by molar-refractivity contribution is -0.140. The first-order valence-electron chi connectivity index (χ1n) is 10.8. The average Bonchev–Trinajstić information content (AvgIpc) is 2.78. The van der Waals surface area contributed by atoms with Gasteiger partial charge >= 0.3 is 5.97 Å². The van der Waals surface area contributed by atoms with Crippen molar-refractivity contribution >= 4 is 16.9 Å². The molecule has 1 saturated carbocycles. The van der Waals surface area contributed by atoms with E-state index in [2.05, 4.69) is 86.6 Å². The van der Waals surface area contributed by atoms with E-state index in [4.69, 9.17) is 4.74 Å². The number of aryl methyl sites for hydroxylation is 2. The first-order chi connectivity index (χ1) is 14.6. The SMILES string of the molecule is Cc1cc([S+](c2ccccc2)c2ccccc2)cc(C)c1OC(=O)C1CCCCC1. The number of ether oxygens (including phenoxy) is 1. The lowest BCUT2D eigenvalue weighted by Gasteiger charge is -2.21. The molecule has 0 N–H and O–H groups in total. The highest BCUT2D eigenvalue weighted by Gasteiger charge is 2.30. The number of carbonyl (C=O) groups excluding carboxylic acids is 1. The van der Waals surface area contributed by atoms with Gasteiger partial charge in [-0.1, -0.05) is 55.7 Å². The minimum Gasteiger partial charge on any atom is -0.426 e. The first-order valence-corrected chi connectivity index (χ1v) is 12.0. The second kappa shape index (κ2) is 9.53. The number of benzene rings is 3. The van der Waals surface area contributed by atoms with Crippen LogP contribution in [0.1, 0.15) is 43.2 Å². The van der Waals surface area contributed by atoms with Gasteiger partial charge in [0.1, 0.15) is 5.75 Å². The summed E-state index contributed by atoms with van der Waals surface area (Å²) in [6, 6.07) is 25.7. The standard InChI is InChI=1S/C27H29O2S/c1-20-18-25(19-21(2)26(20)29-27(28)22-12-6-3-7-13-22)30(23-14-8-4-9-15-23)24-16-10-5-11-17-24/h4-5,8-11,14-19,22H,3,6-7,12-13H2,1-2H3/q+1. The van der Waals surface area contributed by atoms with Gasteiger partial charge in [-0.15, -0.1) is 0 Å². The van der Waals surface area contributed by atoms with Crippen LogP contribution in [0.3, 0.4) is 0 Å². The maximum Gasteiger partial charge on any atom is 0.314 e. The third-order valence-electron chi connectivity index (χ3n) is 5.77. The molecule has 0 saturated heterocycles. The Hall–Kier alpha value is -2.52. The molecule has 0 heterocycles. The second-order valence-corrected chi connectivity index (χ2v) is 10.1. The van der Waals surface area contributed by atoms with Gasteiger partial charge in [-0.2, -0.15) is 0 Å². The van der Waals surface area contributed by atoms with Crippen LogP contribution in [-0.4, -0.2) is 5.97 Å². The van der Waals surface area contributed by atoms with Crippen molar-refractivity contribution in [2.45, 2.75) is 60.6 Å². The molecule has 30 heavy (non-hydrogen) atoms. The summed E-state index contributed by atoms with van der Waals surface area (Å²) in [7, 11) is -0.201. The Kier molecular flexibility index (Phi) is 6.59. The lowest BCUT2D eigenvalue weighted by Crippen LogP contribution is -2.23. The molecule has 1 aliphatic carbocycles. The van der Waals surface area contributed by atoms with Gasteiger partial charge in [-0.25, -0.2) is 0 Å². The first kappa shape index (κ1) is 20.7. The Labute approximate surface area is 182 Å². The van der Waals surface area contributed by atoms with Crippen LogP contribution in [0.15, 0.2) is 87.5 Å². The van der Waals surface area contributed by atoms with Gasteiger partial charge in [-0.05, 0) is 62.1 Å². The van der Waals surface area contributed by atoms with E-state index in [9.17, 15) is 4.79 Å². The fraction of sp³-hybridized carbons (Fsp3) is 0.296. The maximum absolute atomic E-state index is 12.7. The number of hydrogen-bond acceptors (Lipinski definition) is 2. The van der Waals surface area contributed by atoms with E-state index in [1.807, 2.05) is 0 Å². The molecule has 0 spiro atoms. The smallest absolute Gasteiger partial charge is 0.314 e. The Morgan fingerprint density at radius 3 is 1.77 bits per heavy atom. The molecule has 0 radical (unpaired) electrons. The van der Waals surface area contributed by atoms with E-state index >= 15 is 0 Å². The molecule has 0 amide bonds. The van der Waals surface area contributed by atoms with Crippen LogP contribution in [0.2, 0.25) is 0 Å². The molecule has 0 atom stereocenters. The lowest BCUT2D eigenvalue weighted by atomic mass is 9.89. The van der Waals surface area contributed by atoms with Crippen LogP contribution >= 0.6 is 0 Å². The third kappa shape index (κ3) is 4.62. The van der Waals surface area contributed by atoms with E-state index in [-0.39, 0.29) is 22.8 Å². The molecule has 0 aliphatic heterocycles. The molecule has 1 fully saturated rings. The minimum atomic E-state index is -0.201. The fourth-order valence-corrected chi connectivity index (χ4v) is 6.50. The van der Waals surface area contributed by atoms with Gasteiger partial charge in [0.2, 0.25) is 0 Å². The zero-order chi connectivity index (χ0) is 20.9. The quantitative estimate of drug-likeness (QED) is 0.257. The van der Waals surface area contributed by atoms with E-state index in [0.29, 0.717) is 0 Å². The summed E-state index contributed by atoms with van der Waals surface area (Å²) in [6.07, 6.45) is 5.42. The third-order valence-corrected chi connectivity index (χ3v) is 7.96. The molecule has 3 aromatic carbocycles. The van der Waals surface area contributed by atoms with E-state index in [1.54, 1.807) is 0 Å². The highest BCUT2D eigenvalue weighted by atomic mass is 32.2. The van der Waals surface area contributed by atoms with Crippen LogP contribution < -0.4 is 4.74 Å². The van der Waals surface area contributed by atoms with Crippen LogP contribution in [-0.2, 0) is 15.7 Å². The number of rotatable bonds is 5. The van der Waals surface area contributed by atoms with Gasteiger partial charge in [0, 0.05) is 12.1 Å². The summed E-state index contributed by atoms with van der Waals surface area (Å²) in [5, 5.41) is 0. The average molecular weight is 418 g/mol. The molecule has 0 aromatic heterocycles. The zero-order valence-electron chi connectivity index (χ0n) is 17.8. The van der Waals surface area contributed by atoms with E-state index in [1.165, 1.54) is 21.1 Å². The summed E-state index contributed by atoms with van der Waals surface area (Å²) >= 11 is 0. The molecule has 2 nitrogen and oxygen atoms in total. The second-order valence-electron chi connectivity index (χ2n) is 8.07. The highest BCUT2D eigenvalue weighted by Crippen LogP contribution is 2.36. The Morgan fingerprint density at radius 2 is 1.27 bits per heavy atom. The summed E-state index contributed by atoms with van der Waals surface area (Å²) in [5.41, 5.74) is 2.05. The van der Waals surface area contributed by atoms with Crippen molar-refractivity contribution in [3.63, 3.8) is 0 Å². The predicted molar refractivity (Wildman–Crippen MR) is 123 cm³/mol. The zero-order valence-corrected chi connectivity index (χ0v) is 18.6. The van der Waals surface area contributed by atoms with Crippen LogP contribution in [0.25, 0.3) is 0 Å². The molecule has 3 aromatic rings. The summed E-state index contributed by atoms with van der Waals surface area (Å²) in [6.45, 7) is 4.11. The normalized spacial score (nSPS) is 14.6. The monoisotopic (exact) mass is 417 g/mol. The molecule has 1 aliphatic rings. The topological polar surface area (TPSA) is 26.3 Å². The minimum absolute atomic E-state index is 0.0560. The van der Waals surface area contributed by atoms with Crippen molar-refractivity contribution in [3.8, 4) is 5.75 Å².